The molecule has 0 atom stereocenters. The molecule has 6 nitrogen and oxygen atoms in total. The summed E-state index contributed by atoms with van der Waals surface area (Å²) in [5, 5.41) is 7.92. The lowest BCUT2D eigenvalue weighted by atomic mass is 10.1. The van der Waals surface area contributed by atoms with E-state index in [2.05, 4.69) is 60.8 Å². The Bertz CT molecular complexity index is 807. The molecule has 0 radical (unpaired) electrons. The normalized spacial score (nSPS) is 15.5. The number of hydrogen-bond acceptors (Lipinski definition) is 5. The highest BCUT2D eigenvalue weighted by Crippen LogP contribution is 2.21. The third kappa shape index (κ3) is 3.97. The van der Waals surface area contributed by atoms with Crippen molar-refractivity contribution < 1.29 is 0 Å². The topological polar surface area (TPSA) is 68.9 Å². The van der Waals surface area contributed by atoms with E-state index in [9.17, 15) is 0 Å². The minimum absolute atomic E-state index is 0.856. The Hall–Kier alpha value is -2.44. The third-order valence-electron chi connectivity index (χ3n) is 4.63. The number of piperazine rings is 1. The van der Waals surface area contributed by atoms with E-state index in [0.717, 1.165) is 62.5 Å². The molecular formula is C19H24N6. The van der Waals surface area contributed by atoms with Gasteiger partial charge in [0, 0.05) is 45.0 Å². The summed E-state index contributed by atoms with van der Waals surface area (Å²) in [5.74, 6) is 0.906. The van der Waals surface area contributed by atoms with Gasteiger partial charge in [0.25, 0.3) is 0 Å². The molecule has 1 fully saturated rings. The number of benzene rings is 1. The monoisotopic (exact) mass is 336 g/mol. The Morgan fingerprint density at radius 3 is 2.76 bits per heavy atom. The Labute approximate surface area is 147 Å². The van der Waals surface area contributed by atoms with Gasteiger partial charge in [-0.25, -0.2) is 9.97 Å². The molecule has 25 heavy (non-hydrogen) atoms. The van der Waals surface area contributed by atoms with Crippen molar-refractivity contribution in [3.63, 3.8) is 0 Å². The summed E-state index contributed by atoms with van der Waals surface area (Å²) in [6, 6.07) is 12.7. The van der Waals surface area contributed by atoms with Crippen molar-refractivity contribution in [3.05, 3.63) is 54.0 Å². The molecule has 3 heterocycles. The molecule has 0 unspecified atom stereocenters. The zero-order valence-electron chi connectivity index (χ0n) is 14.3. The largest absolute Gasteiger partial charge is 0.369 e. The molecule has 3 N–H and O–H groups in total. The van der Waals surface area contributed by atoms with Gasteiger partial charge in [-0.15, -0.1) is 0 Å². The van der Waals surface area contributed by atoms with Crippen LogP contribution in [0.3, 0.4) is 0 Å². The van der Waals surface area contributed by atoms with Gasteiger partial charge in [0.2, 0.25) is 0 Å². The lowest BCUT2D eigenvalue weighted by Gasteiger charge is -2.26. The lowest BCUT2D eigenvalue weighted by Crippen LogP contribution is -2.42. The van der Waals surface area contributed by atoms with E-state index in [1.54, 1.807) is 6.33 Å². The van der Waals surface area contributed by atoms with Crippen LogP contribution in [0.15, 0.2) is 42.7 Å². The number of aromatic amines is 1. The molecule has 4 rings (SSSR count). The van der Waals surface area contributed by atoms with Crippen molar-refractivity contribution in [3.8, 4) is 0 Å². The molecule has 2 aromatic heterocycles. The first-order valence-corrected chi connectivity index (χ1v) is 8.92. The SMILES string of the molecule is c1ccc(CCNc2ncnc3[nH]c(CN4CCNCC4)cc23)cc1. The molecule has 0 spiro atoms. The number of anilines is 1. The highest BCUT2D eigenvalue weighted by Gasteiger charge is 2.13. The van der Waals surface area contributed by atoms with Gasteiger partial charge in [-0.1, -0.05) is 30.3 Å². The average Bonchev–Trinajstić information content (AvgIpc) is 3.07. The summed E-state index contributed by atoms with van der Waals surface area (Å²) in [6.45, 7) is 6.08. The molecule has 130 valence electrons. The van der Waals surface area contributed by atoms with Crippen LogP contribution in [-0.4, -0.2) is 52.6 Å². The van der Waals surface area contributed by atoms with E-state index >= 15 is 0 Å². The van der Waals surface area contributed by atoms with Crippen molar-refractivity contribution in [1.29, 1.82) is 0 Å². The fourth-order valence-electron chi connectivity index (χ4n) is 3.30. The highest BCUT2D eigenvalue weighted by atomic mass is 15.2. The molecule has 0 amide bonds. The molecular weight excluding hydrogens is 312 g/mol. The van der Waals surface area contributed by atoms with Crippen molar-refractivity contribution in [1.82, 2.24) is 25.2 Å². The highest BCUT2D eigenvalue weighted by molar-refractivity contribution is 5.87. The van der Waals surface area contributed by atoms with E-state index < -0.39 is 0 Å². The fraction of sp³-hybridized carbons (Fsp3) is 0.368. The number of nitrogens with zero attached hydrogens (tertiary/aromatic N) is 3. The quantitative estimate of drug-likeness (QED) is 0.642. The summed E-state index contributed by atoms with van der Waals surface area (Å²) in [7, 11) is 0. The van der Waals surface area contributed by atoms with Gasteiger partial charge < -0.3 is 15.6 Å². The molecule has 1 saturated heterocycles. The van der Waals surface area contributed by atoms with E-state index in [1.807, 2.05) is 6.07 Å². The van der Waals surface area contributed by atoms with Gasteiger partial charge in [-0.05, 0) is 18.1 Å². The molecule has 3 aromatic rings. The number of hydrogen-bond donors (Lipinski definition) is 3. The van der Waals surface area contributed by atoms with Gasteiger partial charge >= 0.3 is 0 Å². The van der Waals surface area contributed by atoms with Crippen LogP contribution in [0.1, 0.15) is 11.3 Å². The minimum Gasteiger partial charge on any atom is -0.369 e. The first-order valence-electron chi connectivity index (χ1n) is 8.92. The summed E-state index contributed by atoms with van der Waals surface area (Å²) in [6.07, 6.45) is 2.60. The van der Waals surface area contributed by atoms with Crippen LogP contribution in [0.25, 0.3) is 11.0 Å². The van der Waals surface area contributed by atoms with Crippen LogP contribution in [-0.2, 0) is 13.0 Å². The van der Waals surface area contributed by atoms with Gasteiger partial charge in [-0.2, -0.15) is 0 Å². The van der Waals surface area contributed by atoms with Gasteiger partial charge in [-0.3, -0.25) is 4.90 Å². The summed E-state index contributed by atoms with van der Waals surface area (Å²) >= 11 is 0. The Morgan fingerprint density at radius 1 is 1.08 bits per heavy atom. The van der Waals surface area contributed by atoms with E-state index in [0.29, 0.717) is 0 Å². The standard InChI is InChI=1S/C19H24N6/c1-2-4-15(5-3-1)6-7-21-18-17-12-16(24-19(17)23-14-22-18)13-25-10-8-20-9-11-25/h1-5,12,14,20H,6-11,13H2,(H2,21,22,23,24). The zero-order chi connectivity index (χ0) is 16.9. The Balaban J connectivity index is 1.43. The maximum absolute atomic E-state index is 4.43. The van der Waals surface area contributed by atoms with Crippen molar-refractivity contribution in [2.45, 2.75) is 13.0 Å². The number of nitrogens with one attached hydrogen (secondary N) is 3. The molecule has 6 heteroatoms. The second-order valence-electron chi connectivity index (χ2n) is 6.47. The molecule has 0 bridgehead atoms. The second kappa shape index (κ2) is 7.63. The van der Waals surface area contributed by atoms with E-state index in [1.165, 1.54) is 11.3 Å². The van der Waals surface area contributed by atoms with Gasteiger partial charge in [0.1, 0.15) is 17.8 Å². The number of rotatable bonds is 6. The van der Waals surface area contributed by atoms with Crippen molar-refractivity contribution in [2.75, 3.05) is 38.0 Å². The number of H-pyrrole nitrogens is 1. The second-order valence-corrected chi connectivity index (χ2v) is 6.47. The average molecular weight is 336 g/mol. The van der Waals surface area contributed by atoms with Crippen molar-refractivity contribution >= 4 is 16.9 Å². The van der Waals surface area contributed by atoms with Crippen LogP contribution >= 0.6 is 0 Å². The van der Waals surface area contributed by atoms with Gasteiger partial charge in [0.05, 0.1) is 5.39 Å². The van der Waals surface area contributed by atoms with Crippen LogP contribution in [0.5, 0.6) is 0 Å². The minimum atomic E-state index is 0.856. The molecule has 1 aliphatic heterocycles. The van der Waals surface area contributed by atoms with E-state index in [-0.39, 0.29) is 0 Å². The molecule has 0 aliphatic carbocycles. The number of fused-ring (bicyclic) bond motifs is 1. The Morgan fingerprint density at radius 2 is 1.92 bits per heavy atom. The Kier molecular flexibility index (Phi) is 4.90. The maximum atomic E-state index is 4.43. The molecule has 1 aromatic carbocycles. The predicted octanol–water partition coefficient (Wildman–Crippen LogP) is 2.02. The molecule has 0 saturated carbocycles. The molecule has 1 aliphatic rings. The van der Waals surface area contributed by atoms with Crippen LogP contribution < -0.4 is 10.6 Å². The summed E-state index contributed by atoms with van der Waals surface area (Å²) in [4.78, 5) is 14.7. The first kappa shape index (κ1) is 16.1. The first-order chi connectivity index (χ1) is 12.4. The van der Waals surface area contributed by atoms with E-state index in [4.69, 9.17) is 0 Å². The van der Waals surface area contributed by atoms with Crippen molar-refractivity contribution in [2.24, 2.45) is 0 Å². The smallest absolute Gasteiger partial charge is 0.143 e. The zero-order valence-corrected chi connectivity index (χ0v) is 14.3. The summed E-state index contributed by atoms with van der Waals surface area (Å²) < 4.78 is 0. The van der Waals surface area contributed by atoms with Crippen LogP contribution in [0, 0.1) is 0 Å². The lowest BCUT2D eigenvalue weighted by molar-refractivity contribution is 0.231. The predicted molar refractivity (Wildman–Crippen MR) is 101 cm³/mol. The third-order valence-corrected chi connectivity index (χ3v) is 4.63. The fourth-order valence-corrected chi connectivity index (χ4v) is 3.30. The van der Waals surface area contributed by atoms with Gasteiger partial charge in [0.15, 0.2) is 0 Å². The van der Waals surface area contributed by atoms with Crippen LogP contribution in [0.2, 0.25) is 0 Å². The summed E-state index contributed by atoms with van der Waals surface area (Å²) in [5.41, 5.74) is 3.43. The van der Waals surface area contributed by atoms with Crippen LogP contribution in [0.4, 0.5) is 5.82 Å². The maximum Gasteiger partial charge on any atom is 0.143 e. The number of aromatic nitrogens is 3.